The van der Waals surface area contributed by atoms with E-state index in [4.69, 9.17) is 20.8 Å². The van der Waals surface area contributed by atoms with Crippen LogP contribution >= 0.6 is 11.6 Å². The maximum absolute atomic E-state index is 12.0. The number of methoxy groups -OCH3 is 1. The second-order valence-electron chi connectivity index (χ2n) is 4.15. The Morgan fingerprint density at radius 1 is 1.19 bits per heavy atom. The van der Waals surface area contributed by atoms with Crippen molar-refractivity contribution in [3.8, 4) is 5.75 Å². The smallest absolute Gasteiger partial charge is 0.291 e. The summed E-state index contributed by atoms with van der Waals surface area (Å²) in [5.74, 6) is -0.155. The first kappa shape index (κ1) is 14.9. The van der Waals surface area contributed by atoms with E-state index in [1.54, 1.807) is 18.2 Å². The Hall–Kier alpha value is -2.47. The number of hydrogen-bond acceptors (Lipinski definition) is 4. The van der Waals surface area contributed by atoms with Crippen LogP contribution in [0.1, 0.15) is 17.5 Å². The van der Waals surface area contributed by atoms with Gasteiger partial charge in [-0.2, -0.15) is 0 Å². The van der Waals surface area contributed by atoms with Crippen molar-refractivity contribution >= 4 is 34.8 Å². The van der Waals surface area contributed by atoms with E-state index in [1.165, 1.54) is 26.2 Å². The zero-order valence-corrected chi connectivity index (χ0v) is 12.2. The molecule has 0 atom stereocenters. The van der Waals surface area contributed by atoms with Gasteiger partial charge in [-0.15, -0.1) is 0 Å². The Kier molecular flexibility index (Phi) is 4.49. The van der Waals surface area contributed by atoms with E-state index in [0.29, 0.717) is 17.1 Å². The van der Waals surface area contributed by atoms with E-state index in [0.717, 1.165) is 0 Å². The quantitative estimate of drug-likeness (QED) is 0.909. The second-order valence-corrected chi connectivity index (χ2v) is 4.53. The maximum atomic E-state index is 12.0. The highest BCUT2D eigenvalue weighted by atomic mass is 35.5. The molecule has 0 saturated carbocycles. The highest BCUT2D eigenvalue weighted by Gasteiger charge is 2.14. The largest absolute Gasteiger partial charge is 0.495 e. The number of halogens is 1. The Bertz CT molecular complexity index is 681. The summed E-state index contributed by atoms with van der Waals surface area (Å²) in [6.07, 6.45) is 0. The first-order valence-corrected chi connectivity index (χ1v) is 6.39. The lowest BCUT2D eigenvalue weighted by molar-refractivity contribution is -0.114. The molecule has 0 spiro atoms. The summed E-state index contributed by atoms with van der Waals surface area (Å²) in [5.41, 5.74) is 0.942. The lowest BCUT2D eigenvalue weighted by Gasteiger charge is -2.11. The van der Waals surface area contributed by atoms with E-state index < -0.39 is 5.91 Å². The molecule has 2 amide bonds. The number of amides is 2. The van der Waals surface area contributed by atoms with Gasteiger partial charge in [0.05, 0.1) is 12.8 Å². The van der Waals surface area contributed by atoms with Crippen LogP contribution in [-0.2, 0) is 4.79 Å². The summed E-state index contributed by atoms with van der Waals surface area (Å²) in [7, 11) is 1.48. The number of benzene rings is 1. The number of carbonyl (C=O) groups excluding carboxylic acids is 2. The third kappa shape index (κ3) is 3.76. The molecular formula is C14H13ClN2O4. The molecule has 0 saturated heterocycles. The van der Waals surface area contributed by atoms with Gasteiger partial charge in [0.2, 0.25) is 5.91 Å². The van der Waals surface area contributed by atoms with Crippen LogP contribution in [0.2, 0.25) is 5.22 Å². The average Bonchev–Trinajstić information content (AvgIpc) is 2.85. The van der Waals surface area contributed by atoms with Crippen molar-refractivity contribution in [3.05, 3.63) is 41.3 Å². The first-order chi connectivity index (χ1) is 9.99. The molecule has 1 aromatic carbocycles. The summed E-state index contributed by atoms with van der Waals surface area (Å²) in [4.78, 5) is 23.1. The Labute approximate surface area is 126 Å². The molecular weight excluding hydrogens is 296 g/mol. The SMILES string of the molecule is COc1ccc(NC(C)=O)cc1NC(=O)c1ccc(Cl)o1. The van der Waals surface area contributed by atoms with Gasteiger partial charge in [-0.25, -0.2) is 0 Å². The topological polar surface area (TPSA) is 80.6 Å². The van der Waals surface area contributed by atoms with Crippen molar-refractivity contribution in [2.45, 2.75) is 6.92 Å². The van der Waals surface area contributed by atoms with Crippen LogP contribution in [0.5, 0.6) is 5.75 Å². The highest BCUT2D eigenvalue weighted by molar-refractivity contribution is 6.29. The van der Waals surface area contributed by atoms with Crippen LogP contribution in [0, 0.1) is 0 Å². The molecule has 1 heterocycles. The van der Waals surface area contributed by atoms with Gasteiger partial charge in [-0.3, -0.25) is 9.59 Å². The van der Waals surface area contributed by atoms with E-state index in [1.807, 2.05) is 0 Å². The van der Waals surface area contributed by atoms with Crippen molar-refractivity contribution in [2.24, 2.45) is 0 Å². The van der Waals surface area contributed by atoms with Gasteiger partial charge in [0, 0.05) is 12.6 Å². The number of carbonyl (C=O) groups is 2. The van der Waals surface area contributed by atoms with Crippen LogP contribution in [-0.4, -0.2) is 18.9 Å². The fourth-order valence-corrected chi connectivity index (χ4v) is 1.85. The fraction of sp³-hybridized carbons (Fsp3) is 0.143. The lowest BCUT2D eigenvalue weighted by atomic mass is 10.2. The molecule has 0 aliphatic carbocycles. The van der Waals surface area contributed by atoms with E-state index in [-0.39, 0.29) is 16.9 Å². The molecule has 0 fully saturated rings. The Morgan fingerprint density at radius 2 is 1.95 bits per heavy atom. The number of rotatable bonds is 4. The molecule has 2 N–H and O–H groups in total. The second kappa shape index (κ2) is 6.32. The van der Waals surface area contributed by atoms with Crippen molar-refractivity contribution in [1.82, 2.24) is 0 Å². The number of nitrogens with one attached hydrogen (secondary N) is 2. The molecule has 2 aromatic rings. The van der Waals surface area contributed by atoms with Crippen molar-refractivity contribution in [2.75, 3.05) is 17.7 Å². The van der Waals surface area contributed by atoms with Gasteiger partial charge in [0.1, 0.15) is 5.75 Å². The van der Waals surface area contributed by atoms with Gasteiger partial charge in [0.25, 0.3) is 5.91 Å². The molecule has 0 unspecified atom stereocenters. The van der Waals surface area contributed by atoms with Crippen LogP contribution in [0.3, 0.4) is 0 Å². The Morgan fingerprint density at radius 3 is 2.52 bits per heavy atom. The molecule has 1 aromatic heterocycles. The van der Waals surface area contributed by atoms with Gasteiger partial charge in [-0.05, 0) is 41.9 Å². The predicted molar refractivity (Wildman–Crippen MR) is 79.0 cm³/mol. The number of anilines is 2. The van der Waals surface area contributed by atoms with Gasteiger partial charge in [0.15, 0.2) is 11.0 Å². The molecule has 0 aliphatic heterocycles. The molecule has 0 bridgehead atoms. The molecule has 6 nitrogen and oxygen atoms in total. The van der Waals surface area contributed by atoms with Crippen LogP contribution in [0.25, 0.3) is 0 Å². The maximum Gasteiger partial charge on any atom is 0.291 e. The molecule has 0 radical (unpaired) electrons. The molecule has 0 aliphatic rings. The van der Waals surface area contributed by atoms with Crippen LogP contribution < -0.4 is 15.4 Å². The zero-order valence-electron chi connectivity index (χ0n) is 11.4. The van der Waals surface area contributed by atoms with E-state index in [2.05, 4.69) is 10.6 Å². The van der Waals surface area contributed by atoms with Gasteiger partial charge in [-0.1, -0.05) is 0 Å². The summed E-state index contributed by atoms with van der Waals surface area (Å²) in [6.45, 7) is 1.40. The van der Waals surface area contributed by atoms with Crippen LogP contribution in [0.15, 0.2) is 34.7 Å². The monoisotopic (exact) mass is 308 g/mol. The fourth-order valence-electron chi connectivity index (χ4n) is 1.71. The minimum absolute atomic E-state index is 0.0759. The highest BCUT2D eigenvalue weighted by Crippen LogP contribution is 2.28. The van der Waals surface area contributed by atoms with Gasteiger partial charge >= 0.3 is 0 Å². The summed E-state index contributed by atoms with van der Waals surface area (Å²) >= 11 is 5.63. The Balaban J connectivity index is 2.24. The molecule has 7 heteroatoms. The number of furan rings is 1. The predicted octanol–water partition coefficient (Wildman–Crippen LogP) is 3.15. The summed E-state index contributed by atoms with van der Waals surface area (Å²) in [6, 6.07) is 7.82. The first-order valence-electron chi connectivity index (χ1n) is 6.02. The van der Waals surface area contributed by atoms with E-state index >= 15 is 0 Å². The van der Waals surface area contributed by atoms with Crippen molar-refractivity contribution in [1.29, 1.82) is 0 Å². The van der Waals surface area contributed by atoms with Crippen molar-refractivity contribution in [3.63, 3.8) is 0 Å². The minimum Gasteiger partial charge on any atom is -0.495 e. The van der Waals surface area contributed by atoms with E-state index in [9.17, 15) is 9.59 Å². The van der Waals surface area contributed by atoms with Crippen LogP contribution in [0.4, 0.5) is 11.4 Å². The molecule has 2 rings (SSSR count). The lowest BCUT2D eigenvalue weighted by Crippen LogP contribution is -2.12. The standard InChI is InChI=1S/C14H13ClN2O4/c1-8(18)16-9-3-4-11(20-2)10(7-9)17-14(19)12-5-6-13(15)21-12/h3-7H,1-2H3,(H,16,18)(H,17,19). The molecule has 110 valence electrons. The normalized spacial score (nSPS) is 10.0. The average molecular weight is 309 g/mol. The minimum atomic E-state index is -0.472. The van der Waals surface area contributed by atoms with Crippen molar-refractivity contribution < 1.29 is 18.7 Å². The van der Waals surface area contributed by atoms with Gasteiger partial charge < -0.3 is 19.8 Å². The summed E-state index contributed by atoms with van der Waals surface area (Å²) in [5, 5.41) is 5.38. The third-order valence-electron chi connectivity index (χ3n) is 2.57. The number of hydrogen-bond donors (Lipinski definition) is 2. The molecule has 21 heavy (non-hydrogen) atoms. The third-order valence-corrected chi connectivity index (χ3v) is 2.77. The zero-order chi connectivity index (χ0) is 15.4. The number of ether oxygens (including phenoxy) is 1. The summed E-state index contributed by atoms with van der Waals surface area (Å²) < 4.78 is 10.2.